The van der Waals surface area contributed by atoms with Crippen molar-refractivity contribution >= 4 is 102 Å². The third-order valence-electron chi connectivity index (χ3n) is 7.50. The zero-order chi connectivity index (χ0) is 25.6. The number of rotatable bonds is 8. The molecule has 0 bridgehead atoms. The molecule has 1 aromatic rings. The summed E-state index contributed by atoms with van der Waals surface area (Å²) >= 11 is 0. The molecule has 168 valence electrons. The van der Waals surface area contributed by atoms with Crippen LogP contribution in [0.25, 0.3) is 0 Å². The lowest BCUT2D eigenvalue weighted by Crippen LogP contribution is -2.67. The zero-order valence-corrected chi connectivity index (χ0v) is 22.7. The van der Waals surface area contributed by atoms with Gasteiger partial charge in [0.2, 0.25) is 5.95 Å². The van der Waals surface area contributed by atoms with E-state index in [1.807, 2.05) is 0 Å². The van der Waals surface area contributed by atoms with Crippen LogP contribution < -0.4 is 22.0 Å². The maximum atomic E-state index is 12.3. The number of carbonyl (C=O) groups excluding carboxylic acids is 1. The molecule has 0 aromatic carbocycles. The summed E-state index contributed by atoms with van der Waals surface area (Å²) < 4.78 is 0. The number of aromatic nitrogens is 2. The number of aliphatic hydroxyl groups is 1. The first-order chi connectivity index (χ1) is 14.8. The number of anilines is 2. The summed E-state index contributed by atoms with van der Waals surface area (Å²) in [7, 11) is 22.0. The highest BCUT2D eigenvalue weighted by molar-refractivity contribution is 6.71. The van der Waals surface area contributed by atoms with E-state index in [2.05, 4.69) is 93.2 Å². The topological polar surface area (TPSA) is 113 Å². The first-order valence-electron chi connectivity index (χ1n) is 12.2. The van der Waals surface area contributed by atoms with Gasteiger partial charge >= 0.3 is 0 Å². The Bertz CT molecular complexity index is 850. The van der Waals surface area contributed by atoms with Crippen LogP contribution in [0.4, 0.5) is 11.8 Å². The van der Waals surface area contributed by atoms with Gasteiger partial charge in [0.15, 0.2) is 7.85 Å². The zero-order valence-electron chi connectivity index (χ0n) is 22.7. The van der Waals surface area contributed by atoms with Crippen LogP contribution in [0.3, 0.4) is 0 Å². The Balaban J connectivity index is 2.59. The largest absolute Gasteiger partial charge is 0.393 e. The molecule has 1 heterocycles. The summed E-state index contributed by atoms with van der Waals surface area (Å²) in [5.41, 5.74) is 6.19. The number of hydrogen-bond donors (Lipinski definition) is 4. The molecular weight excluding hydrogens is 402 g/mol. The maximum Gasteiger partial charge on any atom is 0.253 e. The van der Waals surface area contributed by atoms with Gasteiger partial charge in [-0.1, -0.05) is 22.3 Å². The molecule has 1 aromatic heterocycles. The molecule has 33 heavy (non-hydrogen) atoms. The van der Waals surface area contributed by atoms with Gasteiger partial charge in [0, 0.05) is 11.6 Å². The first-order valence-corrected chi connectivity index (χ1v) is 12.2. The van der Waals surface area contributed by atoms with Crippen molar-refractivity contribution in [3.63, 3.8) is 0 Å². The van der Waals surface area contributed by atoms with E-state index >= 15 is 0 Å². The van der Waals surface area contributed by atoms with E-state index in [1.165, 1.54) is 0 Å². The van der Waals surface area contributed by atoms with E-state index < -0.39 is 5.91 Å². The van der Waals surface area contributed by atoms with Crippen LogP contribution in [-0.4, -0.2) is 117 Å². The molecule has 0 radical (unpaired) electrons. The molecule has 0 spiro atoms. The minimum atomic E-state index is -0.556. The van der Waals surface area contributed by atoms with Crippen LogP contribution >= 0.6 is 0 Å². The van der Waals surface area contributed by atoms with Gasteiger partial charge in [0.25, 0.3) is 5.91 Å². The minimum absolute atomic E-state index is 0.0223. The van der Waals surface area contributed by atoms with E-state index in [1.54, 1.807) is 7.85 Å². The van der Waals surface area contributed by atoms with Gasteiger partial charge in [-0.15, -0.1) is 0 Å². The van der Waals surface area contributed by atoms with Gasteiger partial charge < -0.3 is 21.5 Å². The number of nitrogens with zero attached hydrogens (tertiary/aromatic N) is 2. The van der Waals surface area contributed by atoms with Crippen molar-refractivity contribution in [2.45, 2.75) is 59.2 Å². The molecule has 1 saturated carbocycles. The lowest BCUT2D eigenvalue weighted by molar-refractivity contribution is 0.0739. The van der Waals surface area contributed by atoms with Crippen molar-refractivity contribution in [3.05, 3.63) is 5.56 Å². The minimum Gasteiger partial charge on any atom is -0.393 e. The summed E-state index contributed by atoms with van der Waals surface area (Å²) in [4.78, 5) is 21.8. The molecule has 1 aliphatic carbocycles. The van der Waals surface area contributed by atoms with E-state index in [4.69, 9.17) is 10.7 Å². The Hall–Kier alpha value is -1.24. The molecular formula is C16H37B10N5O2. The van der Waals surface area contributed by atoms with Crippen LogP contribution in [0.5, 0.6) is 0 Å². The Morgan fingerprint density at radius 1 is 1.00 bits per heavy atom. The van der Waals surface area contributed by atoms with Gasteiger partial charge in [-0.3, -0.25) is 4.79 Å². The van der Waals surface area contributed by atoms with Gasteiger partial charge in [0.05, 0.1) is 82.3 Å². The highest BCUT2D eigenvalue weighted by atomic mass is 16.3. The smallest absolute Gasteiger partial charge is 0.253 e. The fraction of sp³-hybridized carbons (Fsp3) is 0.688. The van der Waals surface area contributed by atoms with Crippen molar-refractivity contribution in [2.75, 3.05) is 10.6 Å². The van der Waals surface area contributed by atoms with Crippen LogP contribution in [0, 0.1) is 5.92 Å². The van der Waals surface area contributed by atoms with Crippen molar-refractivity contribution in [2.24, 2.45) is 11.7 Å². The molecule has 3 atom stereocenters. The maximum absolute atomic E-state index is 12.3. The molecule has 17 heteroatoms. The third-order valence-corrected chi connectivity index (χ3v) is 7.50. The monoisotopic (exact) mass is 441 g/mol. The fourth-order valence-electron chi connectivity index (χ4n) is 6.76. The number of aliphatic hydroxyl groups excluding tert-OH is 1. The van der Waals surface area contributed by atoms with Gasteiger partial charge in [0.1, 0.15) is 5.82 Å². The molecule has 1 aliphatic rings. The van der Waals surface area contributed by atoms with Gasteiger partial charge in [-0.2, -0.15) is 4.98 Å². The molecule has 7 nitrogen and oxygen atoms in total. The number of nitrogens with one attached hydrogen (secondary N) is 2. The SMILES string of the molecule is Bc1nc(NC(C(B)(B)B)(C(B)(B)B)C(B)(B)B)nc(NC2CCC(C)C(O)C2)c1C(N)=O. The number of amides is 1. The average Bonchev–Trinajstić information content (AvgIpc) is 2.59. The summed E-state index contributed by atoms with van der Waals surface area (Å²) in [6, 6.07) is 0.0223. The average molecular weight is 440 g/mol. The van der Waals surface area contributed by atoms with Gasteiger partial charge in [-0.25, -0.2) is 4.98 Å². The Morgan fingerprint density at radius 2 is 1.52 bits per heavy atom. The summed E-state index contributed by atoms with van der Waals surface area (Å²) in [6.45, 7) is 2.07. The quantitative estimate of drug-likeness (QED) is 0.299. The number of nitrogens with two attached hydrogens (primary N) is 1. The molecule has 2 rings (SSSR count). The van der Waals surface area contributed by atoms with Crippen LogP contribution in [0.1, 0.15) is 36.5 Å². The summed E-state index contributed by atoms with van der Waals surface area (Å²) in [5.74, 6) is 0.633. The standard InChI is InChI=1S/C16H37B10N5O2/c1-5-2-3-6(4-7(5)32)28-11-8(10(27)33)9(17)29-12(30-11)31-13(14(18,19)20,15(21,22)23)16(24,25)26/h5-7,32H,2-4,17-26H2,1H3,(H2,27,33)(H2,28,29,30,31). The molecule has 0 aliphatic heterocycles. The van der Waals surface area contributed by atoms with Crippen molar-refractivity contribution in [3.8, 4) is 0 Å². The molecule has 5 N–H and O–H groups in total. The lowest BCUT2D eigenvalue weighted by atomic mass is 9.12. The van der Waals surface area contributed by atoms with Crippen molar-refractivity contribution < 1.29 is 9.90 Å². The highest BCUT2D eigenvalue weighted by Crippen LogP contribution is 2.55. The predicted molar refractivity (Wildman–Crippen MR) is 166 cm³/mol. The summed E-state index contributed by atoms with van der Waals surface area (Å²) in [5, 5.41) is 17.1. The lowest BCUT2D eigenvalue weighted by Gasteiger charge is -2.63. The number of primary amides is 1. The first kappa shape index (κ1) is 28.0. The normalized spacial score (nSPS) is 22.4. The second-order valence-corrected chi connectivity index (χ2v) is 13.0. The van der Waals surface area contributed by atoms with Crippen LogP contribution in [-0.2, 0) is 0 Å². The molecule has 1 amide bonds. The van der Waals surface area contributed by atoms with Crippen molar-refractivity contribution in [1.29, 1.82) is 0 Å². The third kappa shape index (κ3) is 5.54. The fourth-order valence-corrected chi connectivity index (χ4v) is 6.76. The van der Waals surface area contributed by atoms with E-state index in [0.29, 0.717) is 29.3 Å². The van der Waals surface area contributed by atoms with E-state index in [9.17, 15) is 9.90 Å². The molecule has 0 saturated heterocycles. The van der Waals surface area contributed by atoms with E-state index in [-0.39, 0.29) is 38.9 Å². The Morgan fingerprint density at radius 3 is 1.94 bits per heavy atom. The second kappa shape index (κ2) is 9.43. The predicted octanol–water partition coefficient (Wildman–Crippen LogP) is -9.13. The summed E-state index contributed by atoms with van der Waals surface area (Å²) in [6.07, 6.45) is 2.06. The molecule has 1 fully saturated rings. The Kier molecular flexibility index (Phi) is 8.00. The van der Waals surface area contributed by atoms with E-state index in [0.717, 1.165) is 12.8 Å². The number of carbonyl (C=O) groups is 1. The molecule has 3 unspecified atom stereocenters. The Labute approximate surface area is 208 Å². The number of hydrogen-bond acceptors (Lipinski definition) is 6. The van der Waals surface area contributed by atoms with Crippen molar-refractivity contribution in [1.82, 2.24) is 9.97 Å². The van der Waals surface area contributed by atoms with Crippen LogP contribution in [0.2, 0.25) is 15.3 Å². The van der Waals surface area contributed by atoms with Gasteiger partial charge in [-0.05, 0) is 30.7 Å². The second-order valence-electron chi connectivity index (χ2n) is 13.0. The van der Waals surface area contributed by atoms with Crippen LogP contribution in [0.15, 0.2) is 0 Å². The highest BCUT2D eigenvalue weighted by Gasteiger charge is 2.56.